The molecule has 5 atom stereocenters. The second kappa shape index (κ2) is 12.3. The van der Waals surface area contributed by atoms with Crippen LogP contribution < -0.4 is 5.32 Å². The summed E-state index contributed by atoms with van der Waals surface area (Å²) in [6.45, 7) is 10.7. The lowest BCUT2D eigenvalue weighted by atomic mass is 9.84. The van der Waals surface area contributed by atoms with Crippen molar-refractivity contribution in [3.63, 3.8) is 0 Å². The van der Waals surface area contributed by atoms with E-state index in [4.69, 9.17) is 21.2 Å². The molecule has 1 aromatic rings. The van der Waals surface area contributed by atoms with Crippen LogP contribution in [0.3, 0.4) is 0 Å². The molecule has 1 aromatic carbocycles. The number of oxime groups is 1. The molecule has 3 heterocycles. The second-order valence-electron chi connectivity index (χ2n) is 14.0. The molecule has 3 aliphatic heterocycles. The minimum atomic E-state index is -1.22. The van der Waals surface area contributed by atoms with Gasteiger partial charge >= 0.3 is 5.97 Å². The van der Waals surface area contributed by atoms with Gasteiger partial charge in [-0.3, -0.25) is 19.2 Å². The van der Waals surface area contributed by atoms with Gasteiger partial charge in [-0.1, -0.05) is 55.7 Å². The van der Waals surface area contributed by atoms with Gasteiger partial charge in [-0.15, -0.1) is 6.58 Å². The Hall–Kier alpha value is -3.24. The van der Waals surface area contributed by atoms with Crippen molar-refractivity contribution in [3.05, 3.63) is 47.5 Å². The van der Waals surface area contributed by atoms with Crippen LogP contribution in [0, 0.1) is 22.7 Å². The lowest BCUT2D eigenvalue weighted by Crippen LogP contribution is -2.57. The summed E-state index contributed by atoms with van der Waals surface area (Å²) in [5.41, 5.74) is -1.42. The number of carbonyl (C=O) groups is 4. The number of aliphatic carboxylic acids is 1. The Kier molecular flexibility index (Phi) is 8.97. The third kappa shape index (κ3) is 6.56. The molecule has 3 fully saturated rings. The zero-order chi connectivity index (χ0) is 31.9. The number of halogens is 1. The van der Waals surface area contributed by atoms with Crippen LogP contribution >= 0.6 is 11.6 Å². The van der Waals surface area contributed by atoms with Crippen LogP contribution in [0.4, 0.5) is 0 Å². The topological polar surface area (TPSA) is 135 Å². The van der Waals surface area contributed by atoms with Gasteiger partial charge in [0.1, 0.15) is 6.04 Å². The first-order valence-electron chi connectivity index (χ1n) is 15.3. The lowest BCUT2D eigenvalue weighted by molar-refractivity contribution is -0.148. The normalized spacial score (nSPS) is 29.1. The van der Waals surface area contributed by atoms with Crippen molar-refractivity contribution in [1.82, 2.24) is 10.2 Å². The van der Waals surface area contributed by atoms with E-state index >= 15 is 0 Å². The number of carboxylic acid groups (broad SMARTS) is 1. The highest BCUT2D eigenvalue weighted by molar-refractivity contribution is 6.31. The van der Waals surface area contributed by atoms with E-state index in [-0.39, 0.29) is 42.9 Å². The number of ketones is 1. The van der Waals surface area contributed by atoms with E-state index in [0.29, 0.717) is 43.2 Å². The van der Waals surface area contributed by atoms with Gasteiger partial charge in [0.15, 0.2) is 11.4 Å². The molecule has 1 saturated carbocycles. The van der Waals surface area contributed by atoms with Crippen LogP contribution in [0.5, 0.6) is 0 Å². The number of rotatable bonds is 10. The Bertz CT molecular complexity index is 1370. The number of Topliss-reactive ketones (excluding diaryl/α,β-unsaturated/α-hetero) is 1. The van der Waals surface area contributed by atoms with Crippen molar-refractivity contribution in [2.45, 2.75) is 83.4 Å². The van der Waals surface area contributed by atoms with Gasteiger partial charge in [0.25, 0.3) is 0 Å². The summed E-state index contributed by atoms with van der Waals surface area (Å²) in [6, 6.07) is 5.39. The number of benzene rings is 1. The van der Waals surface area contributed by atoms with E-state index in [2.05, 4.69) is 17.1 Å². The van der Waals surface area contributed by atoms with Crippen LogP contribution in [0.1, 0.15) is 71.3 Å². The van der Waals surface area contributed by atoms with Crippen LogP contribution in [-0.2, 0) is 28.8 Å². The number of allylic oxidation sites excluding steroid dienone is 1. The van der Waals surface area contributed by atoms with Crippen LogP contribution in [-0.4, -0.2) is 76.7 Å². The van der Waals surface area contributed by atoms with E-state index in [1.807, 2.05) is 32.9 Å². The first kappa shape index (κ1) is 32.2. The summed E-state index contributed by atoms with van der Waals surface area (Å²) in [6.07, 6.45) is 4.06. The summed E-state index contributed by atoms with van der Waals surface area (Å²) in [5.74, 6) is -2.13. The molecule has 0 unspecified atom stereocenters. The number of nitrogens with one attached hydrogen (secondary N) is 1. The standard InChI is InChI=1S/C33H42ClN3O7/c1-5-22-15-33(22,30(41)42)18-26(38)25-17-32(16-24(36-44-32)21-7-6-8-23(34)14-21)19-37(25)29(40)28(31(2,3)4)35-27(39)13-20-9-11-43-12-10-20/h5-8,14,20,22,25,28H,1,9-13,15-19H2,2-4H3,(H,35,39)(H,41,42)/t22-,25+,28-,32-,33+/m1/s1. The lowest BCUT2D eigenvalue weighted by Gasteiger charge is -2.36. The van der Waals surface area contributed by atoms with Crippen molar-refractivity contribution in [2.75, 3.05) is 19.8 Å². The summed E-state index contributed by atoms with van der Waals surface area (Å²) in [5, 5.41) is 17.9. The number of hydrogen-bond acceptors (Lipinski definition) is 7. The molecule has 238 valence electrons. The first-order valence-corrected chi connectivity index (χ1v) is 15.7. The molecule has 11 heteroatoms. The van der Waals surface area contributed by atoms with Crippen molar-refractivity contribution in [1.29, 1.82) is 0 Å². The van der Waals surface area contributed by atoms with E-state index in [1.165, 1.54) is 4.90 Å². The SMILES string of the molecule is C=C[C@@H]1C[C@@]1(CC(=O)[C@@H]1C[C@]2(CC(c3cccc(Cl)c3)=NO2)CN1C(=O)[C@@H](NC(=O)CC1CCOCC1)C(C)(C)C)C(=O)O. The quantitative estimate of drug-likeness (QED) is 0.368. The van der Waals surface area contributed by atoms with Crippen molar-refractivity contribution in [2.24, 2.45) is 27.8 Å². The molecule has 2 amide bonds. The Morgan fingerprint density at radius 2 is 1.95 bits per heavy atom. The fraction of sp³-hybridized carbons (Fsp3) is 0.606. The maximum Gasteiger partial charge on any atom is 0.310 e. The van der Waals surface area contributed by atoms with E-state index in [1.54, 1.807) is 18.2 Å². The summed E-state index contributed by atoms with van der Waals surface area (Å²) >= 11 is 6.21. The maximum atomic E-state index is 14.4. The van der Waals surface area contributed by atoms with E-state index in [0.717, 1.165) is 18.4 Å². The maximum absolute atomic E-state index is 14.4. The average molecular weight is 628 g/mol. The number of hydrogen-bond donors (Lipinski definition) is 2. The van der Waals surface area contributed by atoms with Crippen molar-refractivity contribution >= 4 is 40.9 Å². The number of likely N-dealkylation sites (tertiary alicyclic amines) is 1. The largest absolute Gasteiger partial charge is 0.481 e. The number of amides is 2. The summed E-state index contributed by atoms with van der Waals surface area (Å²) in [4.78, 5) is 61.3. The highest BCUT2D eigenvalue weighted by Crippen LogP contribution is 2.57. The van der Waals surface area contributed by atoms with Gasteiger partial charge in [-0.2, -0.15) is 0 Å². The molecule has 2 saturated heterocycles. The van der Waals surface area contributed by atoms with Crippen molar-refractivity contribution < 1.29 is 33.9 Å². The smallest absolute Gasteiger partial charge is 0.310 e. The number of nitrogens with zero attached hydrogens (tertiary/aromatic N) is 2. The number of carbonyl (C=O) groups excluding carboxylic acids is 3. The van der Waals surface area contributed by atoms with Gasteiger partial charge in [-0.25, -0.2) is 0 Å². The second-order valence-corrected chi connectivity index (χ2v) is 14.4. The average Bonchev–Trinajstić information content (AvgIpc) is 3.34. The highest BCUT2D eigenvalue weighted by atomic mass is 35.5. The van der Waals surface area contributed by atoms with Crippen molar-refractivity contribution in [3.8, 4) is 0 Å². The molecule has 0 bridgehead atoms. The molecule has 5 rings (SSSR count). The molecular weight excluding hydrogens is 586 g/mol. The first-order chi connectivity index (χ1) is 20.8. The van der Waals surface area contributed by atoms with Crippen LogP contribution in [0.15, 0.2) is 42.1 Å². The Morgan fingerprint density at radius 3 is 2.57 bits per heavy atom. The summed E-state index contributed by atoms with van der Waals surface area (Å²) in [7, 11) is 0. The van der Waals surface area contributed by atoms with Crippen LogP contribution in [0.2, 0.25) is 5.02 Å². The predicted octanol–water partition coefficient (Wildman–Crippen LogP) is 4.39. The third-order valence-corrected chi connectivity index (χ3v) is 9.85. The molecule has 1 aliphatic carbocycles. The number of carboxylic acids is 1. The fourth-order valence-electron chi connectivity index (χ4n) is 6.85. The van der Waals surface area contributed by atoms with Crippen LogP contribution in [0.25, 0.3) is 0 Å². The van der Waals surface area contributed by atoms with E-state index < -0.39 is 40.4 Å². The zero-order valence-electron chi connectivity index (χ0n) is 25.6. The van der Waals surface area contributed by atoms with Gasteiger partial charge < -0.3 is 24.9 Å². The third-order valence-electron chi connectivity index (χ3n) is 9.62. The Labute approximate surface area is 263 Å². The minimum absolute atomic E-state index is 0.0726. The summed E-state index contributed by atoms with van der Waals surface area (Å²) < 4.78 is 5.42. The molecule has 10 nitrogen and oxygen atoms in total. The fourth-order valence-corrected chi connectivity index (χ4v) is 7.04. The molecule has 2 N–H and O–H groups in total. The van der Waals surface area contributed by atoms with Gasteiger partial charge in [-0.05, 0) is 48.6 Å². The molecule has 1 spiro atoms. The Balaban J connectivity index is 1.40. The molecule has 4 aliphatic rings. The zero-order valence-corrected chi connectivity index (χ0v) is 26.4. The number of ether oxygens (including phenoxy) is 1. The predicted molar refractivity (Wildman–Crippen MR) is 164 cm³/mol. The van der Waals surface area contributed by atoms with Gasteiger partial charge in [0.05, 0.1) is 23.7 Å². The molecule has 0 radical (unpaired) electrons. The van der Waals surface area contributed by atoms with Gasteiger partial charge in [0, 0.05) is 49.5 Å². The van der Waals surface area contributed by atoms with E-state index in [9.17, 15) is 24.3 Å². The highest BCUT2D eigenvalue weighted by Gasteiger charge is 2.62. The molecule has 44 heavy (non-hydrogen) atoms. The monoisotopic (exact) mass is 627 g/mol. The molecular formula is C33H42ClN3O7. The minimum Gasteiger partial charge on any atom is -0.481 e. The van der Waals surface area contributed by atoms with Gasteiger partial charge in [0.2, 0.25) is 11.8 Å². The Morgan fingerprint density at radius 1 is 1.23 bits per heavy atom. The molecule has 0 aromatic heterocycles.